The molecule has 26 heavy (non-hydrogen) atoms. The summed E-state index contributed by atoms with van der Waals surface area (Å²) in [7, 11) is 0. The topological polar surface area (TPSA) is 68.0 Å². The average Bonchev–Trinajstić information content (AvgIpc) is 2.97. The Morgan fingerprint density at radius 1 is 1.23 bits per heavy atom. The highest BCUT2D eigenvalue weighted by Crippen LogP contribution is 2.32. The maximum absolute atomic E-state index is 12.2. The molecule has 0 saturated heterocycles. The van der Waals surface area contributed by atoms with Gasteiger partial charge in [-0.2, -0.15) is 0 Å². The van der Waals surface area contributed by atoms with E-state index in [-0.39, 0.29) is 49.2 Å². The lowest BCUT2D eigenvalue weighted by Gasteiger charge is -2.26. The fraction of sp³-hybridized carbons (Fsp3) is 0.412. The predicted molar refractivity (Wildman–Crippen MR) is 114 cm³/mol. The highest BCUT2D eigenvalue weighted by atomic mass is 35.5. The fourth-order valence-corrected chi connectivity index (χ4v) is 4.29. The lowest BCUT2D eigenvalue weighted by atomic mass is 9.92. The third-order valence-corrected chi connectivity index (χ3v) is 5.66. The molecule has 144 valence electrons. The van der Waals surface area contributed by atoms with Crippen molar-refractivity contribution in [2.45, 2.75) is 44.2 Å². The first-order valence-electron chi connectivity index (χ1n) is 7.96. The van der Waals surface area contributed by atoms with Crippen molar-refractivity contribution in [3.05, 3.63) is 39.3 Å². The van der Waals surface area contributed by atoms with Gasteiger partial charge >= 0.3 is 0 Å². The summed E-state index contributed by atoms with van der Waals surface area (Å²) in [6.45, 7) is 0. The standard InChI is InChI=1S/C17H19Cl2N3OS.2ClH/c18-10-1-6-14(15(19)7-10)17-22-13(9-24-17)8-16(23)21-12-4-2-11(20)3-5-12;;/h1,6-7,9,11-12H,2-5,8,20H2,(H,21,23);2*1H. The van der Waals surface area contributed by atoms with E-state index in [2.05, 4.69) is 10.3 Å². The average molecular weight is 457 g/mol. The SMILES string of the molecule is Cl.Cl.NC1CCC(NC(=O)Cc2csc(-c3ccc(Cl)cc3Cl)n2)CC1. The Balaban J connectivity index is 0.00000169. The number of carbonyl (C=O) groups excluding carboxylic acids is 1. The molecule has 3 N–H and O–H groups in total. The summed E-state index contributed by atoms with van der Waals surface area (Å²) in [6, 6.07) is 5.84. The van der Waals surface area contributed by atoms with E-state index in [4.69, 9.17) is 28.9 Å². The zero-order valence-corrected chi connectivity index (χ0v) is 17.9. The molecule has 1 aliphatic rings. The van der Waals surface area contributed by atoms with E-state index in [1.807, 2.05) is 11.4 Å². The lowest BCUT2D eigenvalue weighted by molar-refractivity contribution is -0.121. The molecule has 2 aromatic rings. The Kier molecular flexibility index (Phi) is 9.65. The number of nitrogens with two attached hydrogens (primary N) is 1. The number of nitrogens with one attached hydrogen (secondary N) is 1. The molecule has 3 rings (SSSR count). The van der Waals surface area contributed by atoms with E-state index in [9.17, 15) is 4.79 Å². The first-order valence-corrected chi connectivity index (χ1v) is 9.59. The van der Waals surface area contributed by atoms with Gasteiger partial charge in [0.15, 0.2) is 0 Å². The molecular weight excluding hydrogens is 436 g/mol. The van der Waals surface area contributed by atoms with Gasteiger partial charge in [-0.05, 0) is 43.9 Å². The quantitative estimate of drug-likeness (QED) is 0.687. The summed E-state index contributed by atoms with van der Waals surface area (Å²) in [5.74, 6) is 0.00882. The summed E-state index contributed by atoms with van der Waals surface area (Å²) in [5, 5.41) is 6.93. The van der Waals surface area contributed by atoms with E-state index in [1.54, 1.807) is 12.1 Å². The molecule has 1 aromatic carbocycles. The molecule has 1 heterocycles. The number of halogens is 4. The number of aromatic nitrogens is 1. The van der Waals surface area contributed by atoms with Crippen LogP contribution in [0, 0.1) is 0 Å². The number of hydrogen-bond acceptors (Lipinski definition) is 4. The molecule has 1 saturated carbocycles. The van der Waals surface area contributed by atoms with Crippen LogP contribution in [-0.2, 0) is 11.2 Å². The molecule has 4 nitrogen and oxygen atoms in total. The predicted octanol–water partition coefficient (Wildman–Crippen LogP) is 4.89. The molecule has 1 aromatic heterocycles. The Morgan fingerprint density at radius 3 is 2.58 bits per heavy atom. The Morgan fingerprint density at radius 2 is 1.92 bits per heavy atom. The van der Waals surface area contributed by atoms with Gasteiger partial charge in [0.05, 0.1) is 17.1 Å². The van der Waals surface area contributed by atoms with Gasteiger partial charge in [0, 0.05) is 28.0 Å². The molecule has 0 spiro atoms. The van der Waals surface area contributed by atoms with Gasteiger partial charge in [0.1, 0.15) is 5.01 Å². The van der Waals surface area contributed by atoms with E-state index in [0.717, 1.165) is 41.9 Å². The molecule has 0 atom stereocenters. The van der Waals surface area contributed by atoms with Gasteiger partial charge in [0.2, 0.25) is 5.91 Å². The number of thiazole rings is 1. The number of carbonyl (C=O) groups is 1. The minimum Gasteiger partial charge on any atom is -0.353 e. The van der Waals surface area contributed by atoms with Gasteiger partial charge < -0.3 is 11.1 Å². The van der Waals surface area contributed by atoms with Crippen LogP contribution in [0.15, 0.2) is 23.6 Å². The molecule has 0 unspecified atom stereocenters. The van der Waals surface area contributed by atoms with Crippen molar-refractivity contribution in [3.63, 3.8) is 0 Å². The molecule has 1 fully saturated rings. The normalized spacial score (nSPS) is 19.2. The fourth-order valence-electron chi connectivity index (χ4n) is 2.88. The third kappa shape index (κ3) is 6.25. The molecular formula is C17H21Cl4N3OS. The van der Waals surface area contributed by atoms with Crippen LogP contribution >= 0.6 is 59.4 Å². The smallest absolute Gasteiger partial charge is 0.226 e. The summed E-state index contributed by atoms with van der Waals surface area (Å²) >= 11 is 13.6. The van der Waals surface area contributed by atoms with Crippen LogP contribution in [0.3, 0.4) is 0 Å². The molecule has 1 amide bonds. The molecule has 0 aliphatic heterocycles. The number of rotatable bonds is 4. The minimum atomic E-state index is 0. The van der Waals surface area contributed by atoms with Gasteiger partial charge in [-0.15, -0.1) is 36.2 Å². The summed E-state index contributed by atoms with van der Waals surface area (Å²) in [5.41, 5.74) is 7.48. The van der Waals surface area contributed by atoms with Crippen molar-refractivity contribution in [2.24, 2.45) is 5.73 Å². The minimum absolute atomic E-state index is 0. The van der Waals surface area contributed by atoms with Crippen molar-refractivity contribution in [1.29, 1.82) is 0 Å². The van der Waals surface area contributed by atoms with Gasteiger partial charge in [-0.25, -0.2) is 4.98 Å². The van der Waals surface area contributed by atoms with Crippen LogP contribution in [0.25, 0.3) is 10.6 Å². The summed E-state index contributed by atoms with van der Waals surface area (Å²) in [6.07, 6.45) is 4.14. The largest absolute Gasteiger partial charge is 0.353 e. The lowest BCUT2D eigenvalue weighted by Crippen LogP contribution is -2.41. The highest BCUT2D eigenvalue weighted by Gasteiger charge is 2.20. The first kappa shape index (κ1) is 23.5. The molecule has 9 heteroatoms. The number of hydrogen-bond donors (Lipinski definition) is 2. The van der Waals surface area contributed by atoms with Gasteiger partial charge in [-0.3, -0.25) is 4.79 Å². The van der Waals surface area contributed by atoms with Crippen LogP contribution < -0.4 is 11.1 Å². The van der Waals surface area contributed by atoms with Crippen LogP contribution in [0.1, 0.15) is 31.4 Å². The number of benzene rings is 1. The van der Waals surface area contributed by atoms with Crippen molar-refractivity contribution in [3.8, 4) is 10.6 Å². The summed E-state index contributed by atoms with van der Waals surface area (Å²) < 4.78 is 0. The van der Waals surface area contributed by atoms with Crippen LogP contribution in [0.2, 0.25) is 10.0 Å². The molecule has 0 radical (unpaired) electrons. The highest BCUT2D eigenvalue weighted by molar-refractivity contribution is 7.13. The third-order valence-electron chi connectivity index (χ3n) is 4.19. The molecule has 0 bridgehead atoms. The van der Waals surface area contributed by atoms with Gasteiger partial charge in [-0.1, -0.05) is 23.2 Å². The van der Waals surface area contributed by atoms with Crippen LogP contribution in [0.5, 0.6) is 0 Å². The van der Waals surface area contributed by atoms with Crippen molar-refractivity contribution < 1.29 is 4.79 Å². The maximum atomic E-state index is 12.2. The molecule has 1 aliphatic carbocycles. The number of amides is 1. The van der Waals surface area contributed by atoms with E-state index in [0.29, 0.717) is 10.0 Å². The van der Waals surface area contributed by atoms with E-state index in [1.165, 1.54) is 11.3 Å². The van der Waals surface area contributed by atoms with Crippen molar-refractivity contribution in [2.75, 3.05) is 0 Å². The Hall–Kier alpha value is -0.560. The van der Waals surface area contributed by atoms with Crippen molar-refractivity contribution in [1.82, 2.24) is 10.3 Å². The van der Waals surface area contributed by atoms with E-state index >= 15 is 0 Å². The maximum Gasteiger partial charge on any atom is 0.226 e. The van der Waals surface area contributed by atoms with Crippen LogP contribution in [-0.4, -0.2) is 23.0 Å². The second kappa shape index (κ2) is 10.7. The Bertz CT molecular complexity index is 733. The zero-order chi connectivity index (χ0) is 17.1. The summed E-state index contributed by atoms with van der Waals surface area (Å²) in [4.78, 5) is 16.7. The van der Waals surface area contributed by atoms with Gasteiger partial charge in [0.25, 0.3) is 0 Å². The monoisotopic (exact) mass is 455 g/mol. The zero-order valence-electron chi connectivity index (χ0n) is 13.9. The Labute approximate surface area is 179 Å². The number of nitrogens with zero attached hydrogens (tertiary/aromatic N) is 1. The van der Waals surface area contributed by atoms with E-state index < -0.39 is 0 Å². The first-order chi connectivity index (χ1) is 11.5. The second-order valence-corrected chi connectivity index (χ2v) is 7.83. The van der Waals surface area contributed by atoms with Crippen molar-refractivity contribution >= 4 is 65.3 Å². The second-order valence-electron chi connectivity index (χ2n) is 6.12. The van der Waals surface area contributed by atoms with Crippen LogP contribution in [0.4, 0.5) is 0 Å².